The standard InChI is InChI=1S/C19H33N3O/c1-17(2,3)13-12-15(21-16(20-13)18(4,5)6)22-11-9-10-14(22)19(7,8)23/h12,14,23H,9-11H2,1-8H3. The van der Waals surface area contributed by atoms with Gasteiger partial charge < -0.3 is 10.0 Å². The van der Waals surface area contributed by atoms with Gasteiger partial charge in [-0.15, -0.1) is 0 Å². The minimum Gasteiger partial charge on any atom is -0.388 e. The van der Waals surface area contributed by atoms with E-state index in [1.54, 1.807) is 0 Å². The summed E-state index contributed by atoms with van der Waals surface area (Å²) in [5, 5.41) is 10.5. The summed E-state index contributed by atoms with van der Waals surface area (Å²) in [6.07, 6.45) is 2.09. The van der Waals surface area contributed by atoms with Crippen molar-refractivity contribution in [1.29, 1.82) is 0 Å². The summed E-state index contributed by atoms with van der Waals surface area (Å²) in [6.45, 7) is 17.7. The first-order valence-corrected chi connectivity index (χ1v) is 8.69. The van der Waals surface area contributed by atoms with Gasteiger partial charge in [0, 0.05) is 23.4 Å². The summed E-state index contributed by atoms with van der Waals surface area (Å²) in [6, 6.07) is 2.22. The summed E-state index contributed by atoms with van der Waals surface area (Å²) in [5.41, 5.74) is 0.209. The number of hydrogen-bond donors (Lipinski definition) is 1. The maximum Gasteiger partial charge on any atom is 0.136 e. The fourth-order valence-corrected chi connectivity index (χ4v) is 3.08. The van der Waals surface area contributed by atoms with Crippen LogP contribution < -0.4 is 4.90 Å². The van der Waals surface area contributed by atoms with Crippen molar-refractivity contribution in [2.75, 3.05) is 11.4 Å². The molecule has 4 nitrogen and oxygen atoms in total. The predicted octanol–water partition coefficient (Wildman–Crippen LogP) is 3.81. The molecule has 2 rings (SSSR count). The van der Waals surface area contributed by atoms with Crippen LogP contribution in [-0.4, -0.2) is 33.3 Å². The van der Waals surface area contributed by atoms with Crippen LogP contribution in [0, 0.1) is 0 Å². The molecule has 1 aromatic heterocycles. The van der Waals surface area contributed by atoms with Crippen molar-refractivity contribution < 1.29 is 5.11 Å². The van der Waals surface area contributed by atoms with E-state index in [1.807, 2.05) is 13.8 Å². The van der Waals surface area contributed by atoms with Crippen LogP contribution in [0.3, 0.4) is 0 Å². The van der Waals surface area contributed by atoms with E-state index in [9.17, 15) is 5.11 Å². The number of anilines is 1. The number of hydrogen-bond acceptors (Lipinski definition) is 4. The van der Waals surface area contributed by atoms with Crippen molar-refractivity contribution in [3.63, 3.8) is 0 Å². The largest absolute Gasteiger partial charge is 0.388 e. The Morgan fingerprint density at radius 2 is 1.61 bits per heavy atom. The molecule has 0 spiro atoms. The molecule has 0 radical (unpaired) electrons. The van der Waals surface area contributed by atoms with Gasteiger partial charge in [-0.25, -0.2) is 9.97 Å². The van der Waals surface area contributed by atoms with Crippen LogP contribution in [0.2, 0.25) is 0 Å². The quantitative estimate of drug-likeness (QED) is 0.900. The maximum atomic E-state index is 10.5. The molecule has 1 atom stereocenters. The molecular formula is C19H33N3O. The third-order valence-electron chi connectivity index (χ3n) is 4.51. The first-order valence-electron chi connectivity index (χ1n) is 8.69. The number of rotatable bonds is 2. The Balaban J connectivity index is 2.53. The van der Waals surface area contributed by atoms with E-state index in [2.05, 4.69) is 52.5 Å². The highest BCUT2D eigenvalue weighted by Gasteiger charge is 2.37. The van der Waals surface area contributed by atoms with Crippen LogP contribution in [0.1, 0.15) is 79.7 Å². The molecule has 1 saturated heterocycles. The van der Waals surface area contributed by atoms with Crippen molar-refractivity contribution in [3.8, 4) is 0 Å². The molecular weight excluding hydrogens is 286 g/mol. The van der Waals surface area contributed by atoms with Crippen LogP contribution in [0.5, 0.6) is 0 Å². The molecule has 23 heavy (non-hydrogen) atoms. The Bertz CT molecular complexity index is 529. The first kappa shape index (κ1) is 18.2. The van der Waals surface area contributed by atoms with Gasteiger partial charge in [-0.3, -0.25) is 0 Å². The summed E-state index contributed by atoms with van der Waals surface area (Å²) in [4.78, 5) is 12.0. The molecule has 4 heteroatoms. The second kappa shape index (κ2) is 5.73. The van der Waals surface area contributed by atoms with Crippen LogP contribution in [0.4, 0.5) is 5.82 Å². The lowest BCUT2D eigenvalue weighted by Gasteiger charge is -2.35. The van der Waals surface area contributed by atoms with E-state index < -0.39 is 5.60 Å². The Hall–Kier alpha value is -1.16. The Labute approximate surface area is 141 Å². The highest BCUT2D eigenvalue weighted by atomic mass is 16.3. The lowest BCUT2D eigenvalue weighted by molar-refractivity contribution is 0.0532. The van der Waals surface area contributed by atoms with E-state index in [1.165, 1.54) is 0 Å². The number of nitrogens with zero attached hydrogens (tertiary/aromatic N) is 3. The van der Waals surface area contributed by atoms with Crippen molar-refractivity contribution >= 4 is 5.82 Å². The van der Waals surface area contributed by atoms with Gasteiger partial charge in [-0.2, -0.15) is 0 Å². The van der Waals surface area contributed by atoms with Crippen LogP contribution in [0.15, 0.2) is 6.07 Å². The van der Waals surface area contributed by atoms with E-state index in [-0.39, 0.29) is 16.9 Å². The minimum absolute atomic E-state index is 0.0261. The van der Waals surface area contributed by atoms with Crippen molar-refractivity contribution in [3.05, 3.63) is 17.6 Å². The zero-order chi connectivity index (χ0) is 17.6. The molecule has 0 amide bonds. The van der Waals surface area contributed by atoms with Gasteiger partial charge in [0.05, 0.1) is 17.3 Å². The third kappa shape index (κ3) is 4.03. The molecule has 0 bridgehead atoms. The fourth-order valence-electron chi connectivity index (χ4n) is 3.08. The molecule has 1 aliphatic heterocycles. The van der Waals surface area contributed by atoms with Crippen LogP contribution >= 0.6 is 0 Å². The van der Waals surface area contributed by atoms with E-state index >= 15 is 0 Å². The van der Waals surface area contributed by atoms with Crippen LogP contribution in [0.25, 0.3) is 0 Å². The zero-order valence-electron chi connectivity index (χ0n) is 16.1. The molecule has 1 fully saturated rings. The Kier molecular flexibility index (Phi) is 4.53. The predicted molar refractivity (Wildman–Crippen MR) is 96.1 cm³/mol. The lowest BCUT2D eigenvalue weighted by atomic mass is 9.90. The summed E-state index contributed by atoms with van der Waals surface area (Å²) in [5.74, 6) is 1.83. The topological polar surface area (TPSA) is 49.2 Å². The second-order valence-corrected chi connectivity index (χ2v) is 9.44. The van der Waals surface area contributed by atoms with Crippen molar-refractivity contribution in [1.82, 2.24) is 9.97 Å². The van der Waals surface area contributed by atoms with E-state index in [0.29, 0.717) is 0 Å². The van der Waals surface area contributed by atoms with Gasteiger partial charge >= 0.3 is 0 Å². The van der Waals surface area contributed by atoms with E-state index in [0.717, 1.165) is 36.7 Å². The zero-order valence-corrected chi connectivity index (χ0v) is 16.1. The number of aromatic nitrogens is 2. The molecule has 0 saturated carbocycles. The maximum absolute atomic E-state index is 10.5. The highest BCUT2D eigenvalue weighted by molar-refractivity contribution is 5.45. The average Bonchev–Trinajstić information content (AvgIpc) is 2.85. The summed E-state index contributed by atoms with van der Waals surface area (Å²) < 4.78 is 0. The van der Waals surface area contributed by atoms with Gasteiger partial charge in [0.1, 0.15) is 11.6 Å². The fraction of sp³-hybridized carbons (Fsp3) is 0.789. The van der Waals surface area contributed by atoms with Gasteiger partial charge in [0.2, 0.25) is 0 Å². The second-order valence-electron chi connectivity index (χ2n) is 9.44. The van der Waals surface area contributed by atoms with Gasteiger partial charge in [0.15, 0.2) is 0 Å². The van der Waals surface area contributed by atoms with E-state index in [4.69, 9.17) is 9.97 Å². The van der Waals surface area contributed by atoms with Gasteiger partial charge in [-0.1, -0.05) is 41.5 Å². The molecule has 130 valence electrons. The number of aliphatic hydroxyl groups is 1. The van der Waals surface area contributed by atoms with Crippen LogP contribution in [-0.2, 0) is 10.8 Å². The Morgan fingerprint density at radius 1 is 1.00 bits per heavy atom. The van der Waals surface area contributed by atoms with Crippen molar-refractivity contribution in [2.24, 2.45) is 0 Å². The SMILES string of the molecule is CC(C)(C)c1cc(N2CCCC2C(C)(C)O)nc(C(C)(C)C)n1. The van der Waals surface area contributed by atoms with Gasteiger partial charge in [-0.05, 0) is 26.7 Å². The molecule has 1 N–H and O–H groups in total. The normalized spacial score (nSPS) is 20.2. The molecule has 0 aliphatic carbocycles. The molecule has 1 aliphatic rings. The summed E-state index contributed by atoms with van der Waals surface area (Å²) in [7, 11) is 0. The molecule has 1 unspecified atom stereocenters. The highest BCUT2D eigenvalue weighted by Crippen LogP contribution is 2.34. The smallest absolute Gasteiger partial charge is 0.136 e. The summed E-state index contributed by atoms with van der Waals surface area (Å²) >= 11 is 0. The lowest BCUT2D eigenvalue weighted by Crippen LogP contribution is -2.46. The van der Waals surface area contributed by atoms with Gasteiger partial charge in [0.25, 0.3) is 0 Å². The molecule has 2 heterocycles. The first-order chi connectivity index (χ1) is 10.3. The van der Waals surface area contributed by atoms with Crippen molar-refractivity contribution in [2.45, 2.75) is 90.7 Å². The average molecular weight is 319 g/mol. The third-order valence-corrected chi connectivity index (χ3v) is 4.51. The molecule has 0 aromatic carbocycles. The molecule has 1 aromatic rings. The minimum atomic E-state index is -0.731. The Morgan fingerprint density at radius 3 is 2.09 bits per heavy atom. The monoisotopic (exact) mass is 319 g/mol.